The molecule has 0 aliphatic rings. The van der Waals surface area contributed by atoms with Crippen LogP contribution in [0.25, 0.3) is 0 Å². The van der Waals surface area contributed by atoms with Crippen LogP contribution in [-0.4, -0.2) is 18.6 Å². The number of likely N-dealkylation sites (N-methyl/N-ethyl adjacent to an activating group) is 1. The van der Waals surface area contributed by atoms with Crippen molar-refractivity contribution in [2.45, 2.75) is 26.2 Å². The SMILES string of the molecule is CNC[C@H](Cc1ccccc1C)c1cccnc1C. The number of nitrogens with zero attached hydrogens (tertiary/aromatic N) is 1. The molecular weight excluding hydrogens is 232 g/mol. The molecule has 1 N–H and O–H groups in total. The summed E-state index contributed by atoms with van der Waals surface area (Å²) in [5, 5.41) is 3.31. The number of benzene rings is 1. The highest BCUT2D eigenvalue weighted by molar-refractivity contribution is 5.31. The van der Waals surface area contributed by atoms with E-state index in [9.17, 15) is 0 Å². The van der Waals surface area contributed by atoms with Gasteiger partial charge in [0.2, 0.25) is 0 Å². The highest BCUT2D eigenvalue weighted by atomic mass is 14.8. The van der Waals surface area contributed by atoms with Crippen LogP contribution in [0.3, 0.4) is 0 Å². The average molecular weight is 254 g/mol. The van der Waals surface area contributed by atoms with Crippen molar-refractivity contribution in [1.29, 1.82) is 0 Å². The summed E-state index contributed by atoms with van der Waals surface area (Å²) in [5.41, 5.74) is 5.27. The zero-order valence-corrected chi connectivity index (χ0v) is 12.0. The number of pyridine rings is 1. The Hall–Kier alpha value is -1.67. The van der Waals surface area contributed by atoms with Gasteiger partial charge in [-0.15, -0.1) is 0 Å². The quantitative estimate of drug-likeness (QED) is 0.886. The van der Waals surface area contributed by atoms with E-state index in [1.165, 1.54) is 16.7 Å². The van der Waals surface area contributed by atoms with Crippen LogP contribution >= 0.6 is 0 Å². The standard InChI is InChI=1S/C17H22N2/c1-13-7-4-5-8-15(13)11-16(12-18-3)17-9-6-10-19-14(17)2/h4-10,16,18H,11-12H2,1-3H3/t16-/m0/s1. The molecule has 0 spiro atoms. The van der Waals surface area contributed by atoms with Gasteiger partial charge in [-0.1, -0.05) is 30.3 Å². The maximum absolute atomic E-state index is 4.42. The molecule has 1 aromatic heterocycles. The third kappa shape index (κ3) is 3.42. The van der Waals surface area contributed by atoms with Gasteiger partial charge in [0.25, 0.3) is 0 Å². The van der Waals surface area contributed by atoms with Gasteiger partial charge in [-0.2, -0.15) is 0 Å². The Bertz CT molecular complexity index is 534. The largest absolute Gasteiger partial charge is 0.319 e. The second-order valence-corrected chi connectivity index (χ2v) is 5.06. The van der Waals surface area contributed by atoms with Crippen molar-refractivity contribution in [3.8, 4) is 0 Å². The van der Waals surface area contributed by atoms with Crippen LogP contribution in [0.5, 0.6) is 0 Å². The molecule has 0 amide bonds. The van der Waals surface area contributed by atoms with Gasteiger partial charge < -0.3 is 5.32 Å². The maximum atomic E-state index is 4.42. The molecule has 0 saturated carbocycles. The highest BCUT2D eigenvalue weighted by Crippen LogP contribution is 2.23. The zero-order valence-electron chi connectivity index (χ0n) is 12.0. The molecule has 0 aliphatic heterocycles. The van der Waals surface area contributed by atoms with Crippen molar-refractivity contribution in [3.05, 3.63) is 65.0 Å². The summed E-state index contributed by atoms with van der Waals surface area (Å²) in [4.78, 5) is 4.42. The third-order valence-corrected chi connectivity index (χ3v) is 3.67. The topological polar surface area (TPSA) is 24.9 Å². The van der Waals surface area contributed by atoms with E-state index in [1.54, 1.807) is 0 Å². The van der Waals surface area contributed by atoms with Gasteiger partial charge in [-0.25, -0.2) is 0 Å². The Morgan fingerprint density at radius 1 is 1.11 bits per heavy atom. The van der Waals surface area contributed by atoms with Gasteiger partial charge >= 0.3 is 0 Å². The van der Waals surface area contributed by atoms with Crippen LogP contribution in [0.4, 0.5) is 0 Å². The molecule has 0 radical (unpaired) electrons. The minimum Gasteiger partial charge on any atom is -0.319 e. The molecule has 0 bridgehead atoms. The Morgan fingerprint density at radius 2 is 1.89 bits per heavy atom. The minimum atomic E-state index is 0.472. The number of hydrogen-bond donors (Lipinski definition) is 1. The number of aryl methyl sites for hydroxylation is 2. The van der Waals surface area contributed by atoms with Gasteiger partial charge in [-0.3, -0.25) is 4.98 Å². The lowest BCUT2D eigenvalue weighted by atomic mass is 9.89. The first-order chi connectivity index (χ1) is 9.22. The molecule has 0 unspecified atom stereocenters. The van der Waals surface area contributed by atoms with Crippen LogP contribution in [0.15, 0.2) is 42.6 Å². The van der Waals surface area contributed by atoms with E-state index >= 15 is 0 Å². The molecule has 0 fully saturated rings. The number of hydrogen-bond acceptors (Lipinski definition) is 2. The van der Waals surface area contributed by atoms with Crippen molar-refractivity contribution in [1.82, 2.24) is 10.3 Å². The summed E-state index contributed by atoms with van der Waals surface area (Å²) in [7, 11) is 2.01. The number of aromatic nitrogens is 1. The average Bonchev–Trinajstić information content (AvgIpc) is 2.41. The Kier molecular flexibility index (Phi) is 4.69. The lowest BCUT2D eigenvalue weighted by Gasteiger charge is -2.19. The van der Waals surface area contributed by atoms with Gasteiger partial charge in [0, 0.05) is 24.4 Å². The second kappa shape index (κ2) is 6.48. The zero-order chi connectivity index (χ0) is 13.7. The van der Waals surface area contributed by atoms with Crippen LogP contribution in [0.1, 0.15) is 28.3 Å². The molecule has 2 heteroatoms. The Balaban J connectivity index is 2.27. The van der Waals surface area contributed by atoms with E-state index in [-0.39, 0.29) is 0 Å². The number of rotatable bonds is 5. The Labute approximate surface area is 115 Å². The fourth-order valence-electron chi connectivity index (χ4n) is 2.57. The summed E-state index contributed by atoms with van der Waals surface area (Å²) >= 11 is 0. The molecule has 0 aliphatic carbocycles. The van der Waals surface area contributed by atoms with E-state index in [1.807, 2.05) is 19.3 Å². The first-order valence-electron chi connectivity index (χ1n) is 6.83. The number of nitrogens with one attached hydrogen (secondary N) is 1. The molecule has 100 valence electrons. The summed E-state index contributed by atoms with van der Waals surface area (Å²) in [6, 6.07) is 12.9. The van der Waals surface area contributed by atoms with Gasteiger partial charge in [-0.05, 0) is 50.1 Å². The van der Waals surface area contributed by atoms with Crippen molar-refractivity contribution >= 4 is 0 Å². The van der Waals surface area contributed by atoms with Crippen molar-refractivity contribution in [2.75, 3.05) is 13.6 Å². The Morgan fingerprint density at radius 3 is 2.58 bits per heavy atom. The monoisotopic (exact) mass is 254 g/mol. The highest BCUT2D eigenvalue weighted by Gasteiger charge is 2.15. The molecular formula is C17H22N2. The molecule has 0 saturated heterocycles. The van der Waals surface area contributed by atoms with E-state index in [0.29, 0.717) is 5.92 Å². The van der Waals surface area contributed by atoms with Gasteiger partial charge in [0.05, 0.1) is 0 Å². The molecule has 1 heterocycles. The fraction of sp³-hybridized carbons (Fsp3) is 0.353. The van der Waals surface area contributed by atoms with Crippen LogP contribution < -0.4 is 5.32 Å². The summed E-state index contributed by atoms with van der Waals surface area (Å²) < 4.78 is 0. The van der Waals surface area contributed by atoms with Crippen molar-refractivity contribution in [2.24, 2.45) is 0 Å². The molecule has 2 rings (SSSR count). The molecule has 1 atom stereocenters. The maximum Gasteiger partial charge on any atom is 0.0408 e. The first kappa shape index (κ1) is 13.8. The normalized spacial score (nSPS) is 12.4. The third-order valence-electron chi connectivity index (χ3n) is 3.67. The van der Waals surface area contributed by atoms with Crippen LogP contribution in [0, 0.1) is 13.8 Å². The molecule has 2 nitrogen and oxygen atoms in total. The van der Waals surface area contributed by atoms with Gasteiger partial charge in [0.1, 0.15) is 0 Å². The predicted molar refractivity (Wildman–Crippen MR) is 80.5 cm³/mol. The molecule has 2 aromatic rings. The summed E-state index contributed by atoms with van der Waals surface area (Å²) in [6.45, 7) is 5.25. The van der Waals surface area contributed by atoms with Crippen molar-refractivity contribution < 1.29 is 0 Å². The molecule has 19 heavy (non-hydrogen) atoms. The first-order valence-corrected chi connectivity index (χ1v) is 6.83. The van der Waals surface area contributed by atoms with Gasteiger partial charge in [0.15, 0.2) is 0 Å². The lowest BCUT2D eigenvalue weighted by Crippen LogP contribution is -2.20. The van der Waals surface area contributed by atoms with E-state index in [0.717, 1.165) is 18.7 Å². The fourth-order valence-corrected chi connectivity index (χ4v) is 2.57. The van der Waals surface area contributed by atoms with E-state index in [2.05, 4.69) is 54.5 Å². The minimum absolute atomic E-state index is 0.472. The molecule has 1 aromatic carbocycles. The second-order valence-electron chi connectivity index (χ2n) is 5.06. The van der Waals surface area contributed by atoms with Crippen LogP contribution in [0.2, 0.25) is 0 Å². The smallest absolute Gasteiger partial charge is 0.0408 e. The summed E-state index contributed by atoms with van der Waals surface area (Å²) in [6.07, 6.45) is 2.92. The van der Waals surface area contributed by atoms with Crippen molar-refractivity contribution in [3.63, 3.8) is 0 Å². The van der Waals surface area contributed by atoms with Crippen LogP contribution in [-0.2, 0) is 6.42 Å². The lowest BCUT2D eigenvalue weighted by molar-refractivity contribution is 0.618. The predicted octanol–water partition coefficient (Wildman–Crippen LogP) is 3.24. The summed E-state index contributed by atoms with van der Waals surface area (Å²) in [5.74, 6) is 0.472. The van der Waals surface area contributed by atoms with E-state index in [4.69, 9.17) is 0 Å². The van der Waals surface area contributed by atoms with E-state index < -0.39 is 0 Å².